The fraction of sp³-hybridized carbons (Fsp3) is 0.643. The van der Waals surface area contributed by atoms with Crippen LogP contribution >= 0.6 is 0 Å². The lowest BCUT2D eigenvalue weighted by Crippen LogP contribution is -2.41. The van der Waals surface area contributed by atoms with Crippen LogP contribution in [-0.2, 0) is 14.3 Å². The molecule has 1 rings (SSSR count). The molecule has 0 radical (unpaired) electrons. The van der Waals surface area contributed by atoms with Crippen molar-refractivity contribution in [3.8, 4) is 0 Å². The normalized spacial score (nSPS) is 28.1. The van der Waals surface area contributed by atoms with Crippen molar-refractivity contribution in [2.75, 3.05) is 14.2 Å². The third-order valence-electron chi connectivity index (χ3n) is 3.40. The van der Waals surface area contributed by atoms with Crippen LogP contribution in [0.25, 0.3) is 0 Å². The highest BCUT2D eigenvalue weighted by Crippen LogP contribution is 2.36. The quantitative estimate of drug-likeness (QED) is 0.780. The summed E-state index contributed by atoms with van der Waals surface area (Å²) in [5, 5.41) is 10.1. The number of ether oxygens (including phenoxy) is 2. The Balaban J connectivity index is 3.07. The minimum Gasteiger partial charge on any atom is -0.497 e. The van der Waals surface area contributed by atoms with Gasteiger partial charge in [-0.1, -0.05) is 18.6 Å². The van der Waals surface area contributed by atoms with Gasteiger partial charge in [0.25, 0.3) is 0 Å². The first-order chi connectivity index (χ1) is 8.43. The van der Waals surface area contributed by atoms with Gasteiger partial charge in [0.05, 0.1) is 14.2 Å². The molecule has 0 heterocycles. The summed E-state index contributed by atoms with van der Waals surface area (Å²) in [6.07, 6.45) is 1.66. The van der Waals surface area contributed by atoms with E-state index in [0.29, 0.717) is 12.2 Å². The number of carbonyl (C=O) groups excluding carboxylic acids is 1. The third-order valence-corrected chi connectivity index (χ3v) is 3.40. The number of allylic oxidation sites excluding steroid dienone is 3. The molecule has 18 heavy (non-hydrogen) atoms. The number of aliphatic hydroxyl groups is 1. The van der Waals surface area contributed by atoms with Gasteiger partial charge in [0.2, 0.25) is 11.5 Å². The van der Waals surface area contributed by atoms with Gasteiger partial charge in [-0.05, 0) is 20.3 Å². The highest BCUT2D eigenvalue weighted by Gasteiger charge is 2.42. The lowest BCUT2D eigenvalue weighted by atomic mass is 9.77. The van der Waals surface area contributed by atoms with Crippen molar-refractivity contribution >= 4 is 5.78 Å². The van der Waals surface area contributed by atoms with E-state index < -0.39 is 6.10 Å². The number of methoxy groups -OCH3 is 2. The Morgan fingerprint density at radius 1 is 1.33 bits per heavy atom. The van der Waals surface area contributed by atoms with E-state index in [9.17, 15) is 9.90 Å². The van der Waals surface area contributed by atoms with E-state index in [1.54, 1.807) is 0 Å². The summed E-state index contributed by atoms with van der Waals surface area (Å²) in [5.41, 5.74) is 1.17. The fourth-order valence-corrected chi connectivity index (χ4v) is 2.31. The maximum Gasteiger partial charge on any atom is 0.229 e. The van der Waals surface area contributed by atoms with Crippen molar-refractivity contribution in [2.24, 2.45) is 11.8 Å². The number of hydrogen-bond donors (Lipinski definition) is 1. The lowest BCUT2D eigenvalue weighted by molar-refractivity contribution is -0.133. The largest absolute Gasteiger partial charge is 0.497 e. The van der Waals surface area contributed by atoms with Crippen molar-refractivity contribution in [1.29, 1.82) is 0 Å². The van der Waals surface area contributed by atoms with Crippen LogP contribution in [0.3, 0.4) is 0 Å². The number of Topliss-reactive ketones (excluding diaryl/α,β-unsaturated/α-hetero) is 1. The predicted molar refractivity (Wildman–Crippen MR) is 68.8 cm³/mol. The molecular formula is C14H22O4. The van der Waals surface area contributed by atoms with Crippen LogP contribution < -0.4 is 0 Å². The Morgan fingerprint density at radius 3 is 2.39 bits per heavy atom. The van der Waals surface area contributed by atoms with Gasteiger partial charge in [-0.25, -0.2) is 0 Å². The maximum absolute atomic E-state index is 12.0. The van der Waals surface area contributed by atoms with Crippen LogP contribution in [0.1, 0.15) is 27.2 Å². The summed E-state index contributed by atoms with van der Waals surface area (Å²) in [4.78, 5) is 12.0. The van der Waals surface area contributed by atoms with E-state index in [4.69, 9.17) is 9.47 Å². The molecule has 0 amide bonds. The highest BCUT2D eigenvalue weighted by atomic mass is 16.5. The summed E-state index contributed by atoms with van der Waals surface area (Å²) in [7, 11) is 2.94. The van der Waals surface area contributed by atoms with Gasteiger partial charge in [-0.2, -0.15) is 0 Å². The first-order valence-electron chi connectivity index (χ1n) is 6.11. The topological polar surface area (TPSA) is 55.8 Å². The third kappa shape index (κ3) is 2.75. The van der Waals surface area contributed by atoms with Gasteiger partial charge in [0, 0.05) is 11.8 Å². The molecular weight excluding hydrogens is 232 g/mol. The Bertz CT molecular complexity index is 377. The van der Waals surface area contributed by atoms with Crippen molar-refractivity contribution in [3.63, 3.8) is 0 Å². The van der Waals surface area contributed by atoms with Crippen molar-refractivity contribution < 1.29 is 19.4 Å². The zero-order valence-electron chi connectivity index (χ0n) is 11.7. The van der Waals surface area contributed by atoms with E-state index in [0.717, 1.165) is 0 Å². The molecule has 0 aromatic carbocycles. The summed E-state index contributed by atoms with van der Waals surface area (Å²) < 4.78 is 10.3. The number of rotatable bonds is 4. The summed E-state index contributed by atoms with van der Waals surface area (Å²) in [5.74, 6) is 0.0695. The van der Waals surface area contributed by atoms with E-state index in [1.165, 1.54) is 19.8 Å². The molecule has 1 N–H and O–H groups in total. The molecule has 4 heteroatoms. The van der Waals surface area contributed by atoms with Gasteiger partial charge in [-0.3, -0.25) is 4.79 Å². The predicted octanol–water partition coefficient (Wildman–Crippen LogP) is 2.04. The fourth-order valence-electron chi connectivity index (χ4n) is 2.31. The first kappa shape index (κ1) is 14.8. The van der Waals surface area contributed by atoms with Crippen LogP contribution in [0, 0.1) is 11.8 Å². The second-order valence-electron chi connectivity index (χ2n) is 4.88. The van der Waals surface area contributed by atoms with Gasteiger partial charge in [0.1, 0.15) is 11.9 Å². The minimum absolute atomic E-state index is 0.0479. The SMILES string of the molecule is COC1=C(OC)C(C)C(CC=C(C)C)C(O)C1=O. The van der Waals surface area contributed by atoms with Crippen LogP contribution in [-0.4, -0.2) is 31.2 Å². The van der Waals surface area contributed by atoms with Crippen molar-refractivity contribution in [3.05, 3.63) is 23.2 Å². The van der Waals surface area contributed by atoms with E-state index in [1.807, 2.05) is 26.8 Å². The molecule has 0 aliphatic heterocycles. The molecule has 0 saturated carbocycles. The molecule has 0 saturated heterocycles. The average Bonchev–Trinajstić information content (AvgIpc) is 2.32. The molecule has 102 valence electrons. The molecule has 0 fully saturated rings. The smallest absolute Gasteiger partial charge is 0.229 e. The van der Waals surface area contributed by atoms with E-state index in [-0.39, 0.29) is 23.4 Å². The Kier molecular flexibility index (Phi) is 4.96. The summed E-state index contributed by atoms with van der Waals surface area (Å²) in [6.45, 7) is 5.93. The van der Waals surface area contributed by atoms with Crippen molar-refractivity contribution in [2.45, 2.75) is 33.3 Å². The van der Waals surface area contributed by atoms with Gasteiger partial charge in [0.15, 0.2) is 0 Å². The monoisotopic (exact) mass is 254 g/mol. The van der Waals surface area contributed by atoms with Crippen LogP contribution in [0.5, 0.6) is 0 Å². The number of ketones is 1. The highest BCUT2D eigenvalue weighted by molar-refractivity contribution is 5.98. The minimum atomic E-state index is -1.02. The summed E-state index contributed by atoms with van der Waals surface area (Å²) >= 11 is 0. The molecule has 0 aromatic heterocycles. The Labute approximate surface area is 108 Å². The molecule has 0 aromatic rings. The van der Waals surface area contributed by atoms with Gasteiger partial charge >= 0.3 is 0 Å². The first-order valence-corrected chi connectivity index (χ1v) is 6.11. The second kappa shape index (κ2) is 6.05. The van der Waals surface area contributed by atoms with Gasteiger partial charge in [-0.15, -0.1) is 0 Å². The molecule has 1 aliphatic rings. The van der Waals surface area contributed by atoms with Crippen LogP contribution in [0.2, 0.25) is 0 Å². The molecule has 0 bridgehead atoms. The zero-order chi connectivity index (χ0) is 13.9. The van der Waals surface area contributed by atoms with Crippen LogP contribution in [0.15, 0.2) is 23.2 Å². The van der Waals surface area contributed by atoms with Gasteiger partial charge < -0.3 is 14.6 Å². The number of hydrogen-bond acceptors (Lipinski definition) is 4. The second-order valence-corrected chi connectivity index (χ2v) is 4.88. The molecule has 0 spiro atoms. The van der Waals surface area contributed by atoms with Crippen LogP contribution in [0.4, 0.5) is 0 Å². The van der Waals surface area contributed by atoms with E-state index >= 15 is 0 Å². The lowest BCUT2D eigenvalue weighted by Gasteiger charge is -2.33. The Morgan fingerprint density at radius 2 is 1.94 bits per heavy atom. The molecule has 3 unspecified atom stereocenters. The standard InChI is InChI=1S/C14H22O4/c1-8(2)6-7-10-9(3)13(17-4)14(18-5)12(16)11(10)15/h6,9-11,15H,7H2,1-5H3. The Hall–Kier alpha value is -1.29. The molecule has 3 atom stereocenters. The van der Waals surface area contributed by atoms with E-state index in [2.05, 4.69) is 0 Å². The molecule has 4 nitrogen and oxygen atoms in total. The number of aliphatic hydroxyl groups excluding tert-OH is 1. The summed E-state index contributed by atoms with van der Waals surface area (Å²) in [6, 6.07) is 0. The number of carbonyl (C=O) groups is 1. The zero-order valence-corrected chi connectivity index (χ0v) is 11.7. The molecule has 1 aliphatic carbocycles. The average molecular weight is 254 g/mol. The maximum atomic E-state index is 12.0. The van der Waals surface area contributed by atoms with Crippen molar-refractivity contribution in [1.82, 2.24) is 0 Å².